The molecule has 13 heavy (non-hydrogen) atoms. The number of nitrogens with zero attached hydrogens (tertiary/aromatic N) is 1. The summed E-state index contributed by atoms with van der Waals surface area (Å²) in [6.45, 7) is 8.39. The van der Waals surface area contributed by atoms with Crippen LogP contribution in [-0.4, -0.2) is 31.1 Å². The minimum absolute atomic E-state index is 0.216. The van der Waals surface area contributed by atoms with E-state index < -0.39 is 0 Å². The van der Waals surface area contributed by atoms with Crippen LogP contribution in [0.1, 0.15) is 26.2 Å². The van der Waals surface area contributed by atoms with E-state index >= 15 is 0 Å². The third-order valence-corrected chi connectivity index (χ3v) is 3.06. The van der Waals surface area contributed by atoms with Gasteiger partial charge < -0.3 is 10.6 Å². The molecule has 1 saturated heterocycles. The Labute approximate surface area is 81.8 Å². The van der Waals surface area contributed by atoms with Crippen molar-refractivity contribution in [2.45, 2.75) is 32.2 Å². The first-order chi connectivity index (χ1) is 6.09. The van der Waals surface area contributed by atoms with Crippen LogP contribution in [-0.2, 0) is 0 Å². The number of hydrogen-bond donors (Lipinski definition) is 1. The van der Waals surface area contributed by atoms with Gasteiger partial charge in [-0.3, -0.25) is 0 Å². The van der Waals surface area contributed by atoms with Gasteiger partial charge in [0.15, 0.2) is 0 Å². The van der Waals surface area contributed by atoms with Crippen molar-refractivity contribution in [2.24, 2.45) is 11.7 Å². The van der Waals surface area contributed by atoms with Crippen LogP contribution in [0.25, 0.3) is 0 Å². The fraction of sp³-hybridized carbons (Fsp3) is 0.818. The summed E-state index contributed by atoms with van der Waals surface area (Å²) in [5.74, 6) is 0.822. The number of rotatable bonds is 3. The maximum absolute atomic E-state index is 5.97. The first-order valence-corrected chi connectivity index (χ1v) is 5.19. The van der Waals surface area contributed by atoms with Crippen molar-refractivity contribution in [3.8, 4) is 0 Å². The molecule has 1 heterocycles. The Morgan fingerprint density at radius 3 is 2.54 bits per heavy atom. The average molecular weight is 182 g/mol. The van der Waals surface area contributed by atoms with Gasteiger partial charge in [-0.15, -0.1) is 0 Å². The lowest BCUT2D eigenvalue weighted by molar-refractivity contribution is 0.208. The lowest BCUT2D eigenvalue weighted by Gasteiger charge is -2.30. The molecule has 2 N–H and O–H groups in total. The highest BCUT2D eigenvalue weighted by Crippen LogP contribution is 2.21. The zero-order valence-corrected chi connectivity index (χ0v) is 8.92. The molecule has 0 saturated carbocycles. The van der Waals surface area contributed by atoms with Gasteiger partial charge in [-0.05, 0) is 52.2 Å². The van der Waals surface area contributed by atoms with Crippen LogP contribution >= 0.6 is 0 Å². The van der Waals surface area contributed by atoms with Crippen LogP contribution in [0, 0.1) is 5.92 Å². The summed E-state index contributed by atoms with van der Waals surface area (Å²) in [5.41, 5.74) is 7.09. The van der Waals surface area contributed by atoms with Crippen molar-refractivity contribution in [1.29, 1.82) is 0 Å². The molecule has 1 fully saturated rings. The van der Waals surface area contributed by atoms with E-state index in [-0.39, 0.29) is 6.04 Å². The SMILES string of the molecule is C=C(C)C(N)CC1CCN(C)CC1. The Balaban J connectivity index is 2.26. The maximum atomic E-state index is 5.97. The molecule has 0 aliphatic carbocycles. The minimum atomic E-state index is 0.216. The van der Waals surface area contributed by atoms with E-state index in [2.05, 4.69) is 18.5 Å². The van der Waals surface area contributed by atoms with E-state index in [4.69, 9.17) is 5.73 Å². The van der Waals surface area contributed by atoms with E-state index in [1.807, 2.05) is 6.92 Å². The number of nitrogens with two attached hydrogens (primary N) is 1. The third-order valence-electron chi connectivity index (χ3n) is 3.06. The molecule has 1 unspecified atom stereocenters. The summed E-state index contributed by atoms with van der Waals surface area (Å²) in [7, 11) is 2.19. The summed E-state index contributed by atoms with van der Waals surface area (Å²) in [4.78, 5) is 2.39. The highest BCUT2D eigenvalue weighted by Gasteiger charge is 2.18. The van der Waals surface area contributed by atoms with E-state index in [1.165, 1.54) is 25.9 Å². The lowest BCUT2D eigenvalue weighted by atomic mass is 9.89. The topological polar surface area (TPSA) is 29.3 Å². The van der Waals surface area contributed by atoms with Gasteiger partial charge in [0.25, 0.3) is 0 Å². The Morgan fingerprint density at radius 1 is 1.54 bits per heavy atom. The zero-order chi connectivity index (χ0) is 9.84. The molecule has 0 aromatic rings. The Morgan fingerprint density at radius 2 is 2.08 bits per heavy atom. The van der Waals surface area contributed by atoms with Crippen LogP contribution in [0.15, 0.2) is 12.2 Å². The molecule has 0 bridgehead atoms. The second-order valence-corrected chi connectivity index (χ2v) is 4.44. The molecule has 0 aromatic carbocycles. The van der Waals surface area contributed by atoms with Crippen LogP contribution in [0.2, 0.25) is 0 Å². The first kappa shape index (κ1) is 10.7. The highest BCUT2D eigenvalue weighted by molar-refractivity contribution is 5.00. The fourth-order valence-electron chi connectivity index (χ4n) is 1.86. The standard InChI is InChI=1S/C11H22N2/c1-9(2)11(12)8-10-4-6-13(3)7-5-10/h10-11H,1,4-8,12H2,2-3H3. The van der Waals surface area contributed by atoms with Crippen molar-refractivity contribution >= 4 is 0 Å². The molecule has 1 atom stereocenters. The second-order valence-electron chi connectivity index (χ2n) is 4.44. The number of piperidine rings is 1. The quantitative estimate of drug-likeness (QED) is 0.672. The molecule has 1 aliphatic heterocycles. The molecule has 2 nitrogen and oxygen atoms in total. The predicted molar refractivity (Wildman–Crippen MR) is 57.6 cm³/mol. The second kappa shape index (κ2) is 4.77. The van der Waals surface area contributed by atoms with Gasteiger partial charge in [0, 0.05) is 6.04 Å². The maximum Gasteiger partial charge on any atom is 0.0250 e. The molecular weight excluding hydrogens is 160 g/mol. The molecule has 76 valence electrons. The van der Waals surface area contributed by atoms with Gasteiger partial charge in [0.1, 0.15) is 0 Å². The van der Waals surface area contributed by atoms with Crippen LogP contribution in [0.4, 0.5) is 0 Å². The molecule has 1 rings (SSSR count). The fourth-order valence-corrected chi connectivity index (χ4v) is 1.86. The predicted octanol–water partition coefficient (Wildman–Crippen LogP) is 1.62. The van der Waals surface area contributed by atoms with Crippen LogP contribution in [0.5, 0.6) is 0 Å². The van der Waals surface area contributed by atoms with Crippen molar-refractivity contribution in [3.63, 3.8) is 0 Å². The van der Waals surface area contributed by atoms with E-state index in [0.717, 1.165) is 17.9 Å². The molecule has 0 radical (unpaired) electrons. The smallest absolute Gasteiger partial charge is 0.0250 e. The summed E-state index contributed by atoms with van der Waals surface area (Å²) in [6.07, 6.45) is 3.73. The number of hydrogen-bond acceptors (Lipinski definition) is 2. The Kier molecular flexibility index (Phi) is 3.94. The van der Waals surface area contributed by atoms with E-state index in [0.29, 0.717) is 0 Å². The molecule has 2 heteroatoms. The molecule has 0 aromatic heterocycles. The summed E-state index contributed by atoms with van der Waals surface area (Å²) in [5, 5.41) is 0. The third kappa shape index (κ3) is 3.49. The highest BCUT2D eigenvalue weighted by atomic mass is 15.1. The van der Waals surface area contributed by atoms with Crippen molar-refractivity contribution in [3.05, 3.63) is 12.2 Å². The Hall–Kier alpha value is -0.340. The molecule has 0 amide bonds. The van der Waals surface area contributed by atoms with Gasteiger partial charge in [0.05, 0.1) is 0 Å². The van der Waals surface area contributed by atoms with Gasteiger partial charge in [-0.25, -0.2) is 0 Å². The zero-order valence-electron chi connectivity index (χ0n) is 8.92. The Bertz CT molecular complexity index is 169. The normalized spacial score (nSPS) is 23.0. The first-order valence-electron chi connectivity index (χ1n) is 5.19. The minimum Gasteiger partial charge on any atom is -0.324 e. The monoisotopic (exact) mass is 182 g/mol. The molecule has 1 aliphatic rings. The van der Waals surface area contributed by atoms with Gasteiger partial charge in [0.2, 0.25) is 0 Å². The van der Waals surface area contributed by atoms with Crippen molar-refractivity contribution in [2.75, 3.05) is 20.1 Å². The molecule has 0 spiro atoms. The van der Waals surface area contributed by atoms with Crippen LogP contribution < -0.4 is 5.73 Å². The molecular formula is C11H22N2. The number of likely N-dealkylation sites (tertiary alicyclic amines) is 1. The van der Waals surface area contributed by atoms with E-state index in [1.54, 1.807) is 0 Å². The lowest BCUT2D eigenvalue weighted by Crippen LogP contribution is -2.33. The van der Waals surface area contributed by atoms with E-state index in [9.17, 15) is 0 Å². The largest absolute Gasteiger partial charge is 0.324 e. The van der Waals surface area contributed by atoms with Crippen LogP contribution in [0.3, 0.4) is 0 Å². The van der Waals surface area contributed by atoms with Crippen molar-refractivity contribution < 1.29 is 0 Å². The summed E-state index contributed by atoms with van der Waals surface area (Å²) >= 11 is 0. The van der Waals surface area contributed by atoms with Gasteiger partial charge >= 0.3 is 0 Å². The van der Waals surface area contributed by atoms with Crippen molar-refractivity contribution in [1.82, 2.24) is 4.90 Å². The average Bonchev–Trinajstić information content (AvgIpc) is 2.08. The van der Waals surface area contributed by atoms with Gasteiger partial charge in [-0.1, -0.05) is 12.2 Å². The summed E-state index contributed by atoms with van der Waals surface area (Å²) < 4.78 is 0. The van der Waals surface area contributed by atoms with Gasteiger partial charge in [-0.2, -0.15) is 0 Å². The summed E-state index contributed by atoms with van der Waals surface area (Å²) in [6, 6.07) is 0.216.